The lowest BCUT2D eigenvalue weighted by Crippen LogP contribution is -2.17. The monoisotopic (exact) mass is 244 g/mol. The smallest absolute Gasteiger partial charge is 0.310 e. The number of rotatable bonds is 5. The molecular weight excluding hydrogens is 232 g/mol. The van der Waals surface area contributed by atoms with Gasteiger partial charge in [-0.1, -0.05) is 17.7 Å². The Labute approximate surface area is 98.2 Å². The Balaban J connectivity index is 2.95. The molecule has 0 radical (unpaired) electrons. The lowest BCUT2D eigenvalue weighted by Gasteiger charge is -2.14. The lowest BCUT2D eigenvalue weighted by molar-refractivity contribution is -0.383. The minimum Gasteiger partial charge on any atom is -0.396 e. The highest BCUT2D eigenvalue weighted by Gasteiger charge is 2.19. The number of nitro groups is 1. The molecule has 0 saturated heterocycles. The van der Waals surface area contributed by atoms with E-state index in [1.165, 1.54) is 6.07 Å². The summed E-state index contributed by atoms with van der Waals surface area (Å²) in [6.45, 7) is 1.86. The molecule has 0 amide bonds. The summed E-state index contributed by atoms with van der Waals surface area (Å²) in [4.78, 5) is 10.3. The topological polar surface area (TPSA) is 75.4 Å². The van der Waals surface area contributed by atoms with Gasteiger partial charge in [0.05, 0.1) is 4.92 Å². The number of nitro benzene ring substituents is 1. The number of hydrogen-bond acceptors (Lipinski definition) is 4. The van der Waals surface area contributed by atoms with Crippen LogP contribution in [0, 0.1) is 10.1 Å². The minimum atomic E-state index is -0.518. The van der Waals surface area contributed by atoms with Gasteiger partial charge in [-0.2, -0.15) is 0 Å². The van der Waals surface area contributed by atoms with Crippen LogP contribution in [0.3, 0.4) is 0 Å². The van der Waals surface area contributed by atoms with Crippen molar-refractivity contribution in [3.63, 3.8) is 0 Å². The van der Waals surface area contributed by atoms with Crippen LogP contribution in [0.15, 0.2) is 18.2 Å². The fourth-order valence-electron chi connectivity index (χ4n) is 1.35. The summed E-state index contributed by atoms with van der Waals surface area (Å²) in [5.74, 6) is 0. The summed E-state index contributed by atoms with van der Waals surface area (Å²) in [6.07, 6.45) is 0.518. The highest BCUT2D eigenvalue weighted by atomic mass is 35.5. The summed E-state index contributed by atoms with van der Waals surface area (Å²) in [6, 6.07) is 4.66. The zero-order chi connectivity index (χ0) is 12.1. The van der Waals surface area contributed by atoms with E-state index in [0.717, 1.165) is 0 Å². The van der Waals surface area contributed by atoms with E-state index in [2.05, 4.69) is 5.32 Å². The van der Waals surface area contributed by atoms with Crippen molar-refractivity contribution in [3.05, 3.63) is 33.3 Å². The molecule has 0 spiro atoms. The average Bonchev–Trinajstić information content (AvgIpc) is 2.17. The van der Waals surface area contributed by atoms with E-state index in [1.807, 2.05) is 6.92 Å². The summed E-state index contributed by atoms with van der Waals surface area (Å²) < 4.78 is 0. The van der Waals surface area contributed by atoms with E-state index in [1.54, 1.807) is 12.1 Å². The quantitative estimate of drug-likeness (QED) is 0.616. The Morgan fingerprint density at radius 1 is 1.62 bits per heavy atom. The largest absolute Gasteiger partial charge is 0.396 e. The molecule has 0 aliphatic rings. The number of aliphatic hydroxyl groups is 1. The number of para-hydroxylation sites is 1. The first-order valence-electron chi connectivity index (χ1n) is 4.86. The predicted molar refractivity (Wildman–Crippen MR) is 62.9 cm³/mol. The molecule has 1 aromatic carbocycles. The number of halogens is 1. The molecule has 1 aromatic rings. The first kappa shape index (κ1) is 12.7. The fraction of sp³-hybridized carbons (Fsp3) is 0.400. The first-order valence-corrected chi connectivity index (χ1v) is 5.24. The maximum Gasteiger partial charge on any atom is 0.310 e. The Morgan fingerprint density at radius 2 is 2.31 bits per heavy atom. The fourth-order valence-corrected chi connectivity index (χ4v) is 1.59. The van der Waals surface area contributed by atoms with Crippen LogP contribution in [0.4, 0.5) is 11.4 Å². The van der Waals surface area contributed by atoms with Gasteiger partial charge in [0.1, 0.15) is 10.7 Å². The first-order chi connectivity index (χ1) is 7.56. The maximum atomic E-state index is 10.8. The van der Waals surface area contributed by atoms with Crippen molar-refractivity contribution in [2.45, 2.75) is 19.4 Å². The molecule has 0 aromatic heterocycles. The number of nitrogens with zero attached hydrogens (tertiary/aromatic N) is 1. The van der Waals surface area contributed by atoms with E-state index in [-0.39, 0.29) is 23.4 Å². The van der Waals surface area contributed by atoms with Gasteiger partial charge in [0, 0.05) is 12.6 Å². The molecular formula is C10H13ClN2O3. The lowest BCUT2D eigenvalue weighted by atomic mass is 10.2. The highest BCUT2D eigenvalue weighted by Crippen LogP contribution is 2.32. The van der Waals surface area contributed by atoms with Crippen molar-refractivity contribution >= 4 is 23.0 Å². The van der Waals surface area contributed by atoms with Gasteiger partial charge in [-0.25, -0.2) is 0 Å². The Bertz CT molecular complexity index is 384. The van der Waals surface area contributed by atoms with Crippen molar-refractivity contribution in [1.29, 1.82) is 0 Å². The molecule has 6 heteroatoms. The molecule has 1 rings (SSSR count). The van der Waals surface area contributed by atoms with Crippen molar-refractivity contribution in [2.75, 3.05) is 11.9 Å². The zero-order valence-corrected chi connectivity index (χ0v) is 9.57. The van der Waals surface area contributed by atoms with Crippen LogP contribution < -0.4 is 5.32 Å². The molecule has 88 valence electrons. The second kappa shape index (κ2) is 5.67. The number of benzene rings is 1. The van der Waals surface area contributed by atoms with Gasteiger partial charge in [0.25, 0.3) is 0 Å². The Hall–Kier alpha value is -1.33. The SMILES string of the molecule is CC(CCO)Nc1cccc(Cl)c1[N+](=O)[O-]. The maximum absolute atomic E-state index is 10.8. The minimum absolute atomic E-state index is 0.0303. The van der Waals surface area contributed by atoms with Crippen LogP contribution in [0.25, 0.3) is 0 Å². The summed E-state index contributed by atoms with van der Waals surface area (Å²) in [5.41, 5.74) is 0.243. The number of aliphatic hydroxyl groups excluding tert-OH is 1. The molecule has 0 aliphatic heterocycles. The van der Waals surface area contributed by atoms with Crippen LogP contribution >= 0.6 is 11.6 Å². The zero-order valence-electron chi connectivity index (χ0n) is 8.81. The van der Waals surface area contributed by atoms with E-state index in [4.69, 9.17) is 16.7 Å². The van der Waals surface area contributed by atoms with Crippen LogP contribution in [0.5, 0.6) is 0 Å². The summed E-state index contributed by atoms with van der Waals surface area (Å²) >= 11 is 5.75. The molecule has 5 nitrogen and oxygen atoms in total. The van der Waals surface area contributed by atoms with E-state index >= 15 is 0 Å². The highest BCUT2D eigenvalue weighted by molar-refractivity contribution is 6.33. The molecule has 0 saturated carbocycles. The van der Waals surface area contributed by atoms with Gasteiger partial charge in [-0.05, 0) is 25.5 Å². The normalized spacial score (nSPS) is 12.2. The number of nitrogens with one attached hydrogen (secondary N) is 1. The van der Waals surface area contributed by atoms with Crippen LogP contribution in [-0.2, 0) is 0 Å². The molecule has 1 atom stereocenters. The molecule has 0 fully saturated rings. The summed E-state index contributed by atoms with van der Waals surface area (Å²) in [7, 11) is 0. The third kappa shape index (κ3) is 3.08. The van der Waals surface area contributed by atoms with Gasteiger partial charge >= 0.3 is 5.69 Å². The van der Waals surface area contributed by atoms with Gasteiger partial charge in [0.15, 0.2) is 0 Å². The molecule has 0 heterocycles. The van der Waals surface area contributed by atoms with Crippen LogP contribution in [0.1, 0.15) is 13.3 Å². The molecule has 1 unspecified atom stereocenters. The molecule has 2 N–H and O–H groups in total. The van der Waals surface area contributed by atoms with Crippen molar-refractivity contribution < 1.29 is 10.0 Å². The second-order valence-corrected chi connectivity index (χ2v) is 3.86. The van der Waals surface area contributed by atoms with Crippen LogP contribution in [-0.4, -0.2) is 22.7 Å². The molecule has 16 heavy (non-hydrogen) atoms. The van der Waals surface area contributed by atoms with E-state index in [0.29, 0.717) is 12.1 Å². The summed E-state index contributed by atoms with van der Waals surface area (Å²) in [5, 5.41) is 22.6. The number of anilines is 1. The van der Waals surface area contributed by atoms with Crippen molar-refractivity contribution in [2.24, 2.45) is 0 Å². The standard InChI is InChI=1S/C10H13ClN2O3/c1-7(5-6-14)12-9-4-2-3-8(11)10(9)13(15)16/h2-4,7,12,14H,5-6H2,1H3. The Morgan fingerprint density at radius 3 is 2.88 bits per heavy atom. The van der Waals surface area contributed by atoms with Crippen LogP contribution in [0.2, 0.25) is 5.02 Å². The van der Waals surface area contributed by atoms with Gasteiger partial charge < -0.3 is 10.4 Å². The van der Waals surface area contributed by atoms with Gasteiger partial charge in [-0.3, -0.25) is 10.1 Å². The predicted octanol–water partition coefficient (Wildman–Crippen LogP) is 2.43. The molecule has 0 aliphatic carbocycles. The third-order valence-electron chi connectivity index (χ3n) is 2.13. The van der Waals surface area contributed by atoms with Crippen molar-refractivity contribution in [1.82, 2.24) is 0 Å². The third-order valence-corrected chi connectivity index (χ3v) is 2.44. The number of hydrogen-bond donors (Lipinski definition) is 2. The van der Waals surface area contributed by atoms with Crippen molar-refractivity contribution in [3.8, 4) is 0 Å². The van der Waals surface area contributed by atoms with Gasteiger partial charge in [0.2, 0.25) is 0 Å². The van der Waals surface area contributed by atoms with E-state index < -0.39 is 4.92 Å². The average molecular weight is 245 g/mol. The Kier molecular flexibility index (Phi) is 4.52. The molecule has 0 bridgehead atoms. The van der Waals surface area contributed by atoms with Gasteiger partial charge in [-0.15, -0.1) is 0 Å². The van der Waals surface area contributed by atoms with E-state index in [9.17, 15) is 10.1 Å². The second-order valence-electron chi connectivity index (χ2n) is 3.45.